The van der Waals surface area contributed by atoms with Gasteiger partial charge in [0, 0.05) is 17.5 Å². The van der Waals surface area contributed by atoms with Gasteiger partial charge in [0.1, 0.15) is 5.82 Å². The van der Waals surface area contributed by atoms with Crippen LogP contribution < -0.4 is 0 Å². The predicted octanol–water partition coefficient (Wildman–Crippen LogP) is 13.2. The number of rotatable bonds is 5. The molecule has 0 fully saturated rings. The van der Waals surface area contributed by atoms with Crippen LogP contribution in [0, 0.1) is 0 Å². The first kappa shape index (κ1) is 30.6. The van der Waals surface area contributed by atoms with E-state index in [-0.39, 0.29) is 5.41 Å². The maximum Gasteiger partial charge on any atom is 0.114 e. The number of benzene rings is 8. The van der Waals surface area contributed by atoms with Gasteiger partial charge in [-0.2, -0.15) is 0 Å². The minimum Gasteiger partial charge on any atom is -0.296 e. The first-order chi connectivity index (χ1) is 25.5. The molecule has 0 amide bonds. The highest BCUT2D eigenvalue weighted by Crippen LogP contribution is 2.51. The molecule has 0 saturated heterocycles. The second-order valence-corrected chi connectivity index (χ2v) is 14.6. The van der Waals surface area contributed by atoms with Gasteiger partial charge in [0.25, 0.3) is 0 Å². The molecule has 0 saturated carbocycles. The molecule has 9 aromatic rings. The van der Waals surface area contributed by atoms with Crippen LogP contribution in [-0.4, -0.2) is 9.55 Å². The van der Waals surface area contributed by atoms with Crippen molar-refractivity contribution in [2.24, 2.45) is 0 Å². The predicted molar refractivity (Wildman–Crippen MR) is 219 cm³/mol. The fourth-order valence-corrected chi connectivity index (χ4v) is 8.85. The summed E-state index contributed by atoms with van der Waals surface area (Å²) in [6.07, 6.45) is 0.864. The highest BCUT2D eigenvalue weighted by molar-refractivity contribution is 6.22. The van der Waals surface area contributed by atoms with Crippen LogP contribution in [0.15, 0.2) is 164 Å². The number of fused-ring (bicyclic) bond motifs is 6. The summed E-state index contributed by atoms with van der Waals surface area (Å²) in [6, 6.07) is 60.4. The second-order valence-electron chi connectivity index (χ2n) is 14.6. The minimum absolute atomic E-state index is 0.0807. The molecule has 52 heavy (non-hydrogen) atoms. The molecular weight excluding hydrogens is 629 g/mol. The third kappa shape index (κ3) is 4.54. The second kappa shape index (κ2) is 11.6. The monoisotopic (exact) mass is 666 g/mol. The maximum atomic E-state index is 4.95. The lowest BCUT2D eigenvalue weighted by Crippen LogP contribution is -2.14. The summed E-state index contributed by atoms with van der Waals surface area (Å²) in [5, 5.41) is 5.05. The fraction of sp³-hybridized carbons (Fsp3) is 0.100. The molecule has 0 radical (unpaired) electrons. The van der Waals surface area contributed by atoms with Gasteiger partial charge in [-0.05, 0) is 114 Å². The average molecular weight is 667 g/mol. The van der Waals surface area contributed by atoms with E-state index in [1.54, 1.807) is 0 Å². The van der Waals surface area contributed by atoms with Crippen LogP contribution in [0.1, 0.15) is 37.7 Å². The van der Waals surface area contributed by atoms with E-state index in [2.05, 4.69) is 189 Å². The van der Waals surface area contributed by atoms with Gasteiger partial charge >= 0.3 is 0 Å². The van der Waals surface area contributed by atoms with E-state index in [4.69, 9.17) is 4.98 Å². The van der Waals surface area contributed by atoms with Crippen molar-refractivity contribution in [3.63, 3.8) is 0 Å². The van der Waals surface area contributed by atoms with Crippen LogP contribution >= 0.6 is 0 Å². The number of hydrogen-bond donors (Lipinski definition) is 0. The largest absolute Gasteiger partial charge is 0.296 e. The van der Waals surface area contributed by atoms with E-state index in [9.17, 15) is 0 Å². The molecule has 1 aromatic heterocycles. The zero-order valence-corrected chi connectivity index (χ0v) is 29.7. The van der Waals surface area contributed by atoms with Gasteiger partial charge in [-0.3, -0.25) is 4.57 Å². The molecule has 0 N–H and O–H groups in total. The van der Waals surface area contributed by atoms with E-state index < -0.39 is 0 Å². The van der Waals surface area contributed by atoms with Crippen molar-refractivity contribution in [2.45, 2.75) is 32.6 Å². The Morgan fingerprint density at radius 2 is 1.10 bits per heavy atom. The van der Waals surface area contributed by atoms with Crippen LogP contribution in [-0.2, 0) is 11.8 Å². The summed E-state index contributed by atoms with van der Waals surface area (Å²) in [4.78, 5) is 4.95. The summed E-state index contributed by atoms with van der Waals surface area (Å²) in [5.41, 5.74) is 16.2. The Morgan fingerprint density at radius 1 is 0.481 bits per heavy atom. The molecule has 2 nitrogen and oxygen atoms in total. The summed E-state index contributed by atoms with van der Waals surface area (Å²) in [6.45, 7) is 6.92. The number of para-hydroxylation sites is 2. The summed E-state index contributed by atoms with van der Waals surface area (Å²) >= 11 is 0. The molecule has 0 unspecified atom stereocenters. The van der Waals surface area contributed by atoms with Crippen molar-refractivity contribution in [3.05, 3.63) is 181 Å². The summed E-state index contributed by atoms with van der Waals surface area (Å²) in [7, 11) is 0. The Bertz CT molecular complexity index is 2840. The molecule has 1 aliphatic rings. The molecule has 8 aromatic carbocycles. The summed E-state index contributed by atoms with van der Waals surface area (Å²) < 4.78 is 2.30. The van der Waals surface area contributed by atoms with Gasteiger partial charge in [0.2, 0.25) is 0 Å². The number of nitrogens with zero attached hydrogens (tertiary/aromatic N) is 2. The number of imidazole rings is 1. The van der Waals surface area contributed by atoms with Gasteiger partial charge in [-0.15, -0.1) is 0 Å². The van der Waals surface area contributed by atoms with Crippen molar-refractivity contribution in [1.82, 2.24) is 9.55 Å². The van der Waals surface area contributed by atoms with E-state index in [1.807, 2.05) is 0 Å². The molecule has 1 heterocycles. The molecule has 0 atom stereocenters. The lowest BCUT2D eigenvalue weighted by molar-refractivity contribution is 0.660. The molecule has 0 aliphatic heterocycles. The third-order valence-corrected chi connectivity index (χ3v) is 11.4. The maximum absolute atomic E-state index is 4.95. The fourth-order valence-electron chi connectivity index (χ4n) is 8.85. The summed E-state index contributed by atoms with van der Waals surface area (Å²) in [5.74, 6) is 1.07. The van der Waals surface area contributed by atoms with Crippen molar-refractivity contribution >= 4 is 32.6 Å². The Kier molecular flexibility index (Phi) is 6.85. The first-order valence-electron chi connectivity index (χ1n) is 18.4. The van der Waals surface area contributed by atoms with Crippen LogP contribution in [0.25, 0.3) is 82.8 Å². The zero-order chi connectivity index (χ0) is 35.0. The number of aromatic nitrogens is 2. The molecule has 248 valence electrons. The van der Waals surface area contributed by atoms with E-state index in [0.29, 0.717) is 0 Å². The van der Waals surface area contributed by atoms with Crippen LogP contribution in [0.5, 0.6) is 0 Å². The van der Waals surface area contributed by atoms with Crippen molar-refractivity contribution in [3.8, 4) is 50.2 Å². The molecule has 10 rings (SSSR count). The van der Waals surface area contributed by atoms with Gasteiger partial charge in [0.05, 0.1) is 11.0 Å². The third-order valence-electron chi connectivity index (χ3n) is 11.4. The number of hydrogen-bond acceptors (Lipinski definition) is 1. The molecule has 2 heteroatoms. The van der Waals surface area contributed by atoms with E-state index >= 15 is 0 Å². The first-order valence-corrected chi connectivity index (χ1v) is 18.4. The van der Waals surface area contributed by atoms with Crippen molar-refractivity contribution in [2.75, 3.05) is 0 Å². The normalized spacial score (nSPS) is 13.1. The SMILES string of the molecule is CCc1nc2ccccc2n1-c1ccc(-c2c3ccccc3c(-c3ccc4c(c3)C(C)(C)c3ccccc3-4)c3cc(-c4ccccc4)ccc23)cc1. The standard InChI is InChI=1S/C50H38N2/c1-4-47-51-45-20-12-13-21-46(45)52(47)36-26-22-33(23-27-36)48-39-17-8-9-18-40(39)49(42-30-34(24-29-41(42)48)32-14-6-5-7-15-32)35-25-28-38-37-16-10-11-19-43(37)50(2,3)44(38)31-35/h5-31H,4H2,1-3H3. The Labute approximate surface area is 304 Å². The highest BCUT2D eigenvalue weighted by atomic mass is 15.1. The lowest BCUT2D eigenvalue weighted by Gasteiger charge is -2.23. The van der Waals surface area contributed by atoms with Gasteiger partial charge < -0.3 is 0 Å². The Hall–Kier alpha value is -6.25. The quantitative estimate of drug-likeness (QED) is 0.167. The zero-order valence-electron chi connectivity index (χ0n) is 29.7. The van der Waals surface area contributed by atoms with Crippen molar-refractivity contribution < 1.29 is 0 Å². The van der Waals surface area contributed by atoms with Gasteiger partial charge in [-0.1, -0.05) is 148 Å². The van der Waals surface area contributed by atoms with Gasteiger partial charge in [-0.25, -0.2) is 4.98 Å². The van der Waals surface area contributed by atoms with E-state index in [0.717, 1.165) is 29.0 Å². The van der Waals surface area contributed by atoms with Crippen molar-refractivity contribution in [1.29, 1.82) is 0 Å². The Balaban J connectivity index is 1.22. The van der Waals surface area contributed by atoms with Crippen LogP contribution in [0.4, 0.5) is 0 Å². The average Bonchev–Trinajstić information content (AvgIpc) is 3.69. The molecule has 1 aliphatic carbocycles. The highest BCUT2D eigenvalue weighted by Gasteiger charge is 2.35. The minimum atomic E-state index is -0.0807. The molecule has 0 spiro atoms. The molecular formula is C50H38N2. The lowest BCUT2D eigenvalue weighted by atomic mass is 9.80. The van der Waals surface area contributed by atoms with E-state index in [1.165, 1.54) is 77.2 Å². The topological polar surface area (TPSA) is 17.8 Å². The Morgan fingerprint density at radius 3 is 1.88 bits per heavy atom. The smallest absolute Gasteiger partial charge is 0.114 e. The number of aryl methyl sites for hydroxylation is 1. The molecule has 0 bridgehead atoms. The van der Waals surface area contributed by atoms with Gasteiger partial charge in [0.15, 0.2) is 0 Å². The van der Waals surface area contributed by atoms with Crippen LogP contribution in [0.2, 0.25) is 0 Å². The van der Waals surface area contributed by atoms with Crippen LogP contribution in [0.3, 0.4) is 0 Å².